The van der Waals surface area contributed by atoms with Gasteiger partial charge in [-0.25, -0.2) is 14.2 Å². The summed E-state index contributed by atoms with van der Waals surface area (Å²) >= 11 is 0. The summed E-state index contributed by atoms with van der Waals surface area (Å²) in [7, 11) is 2.88. The van der Waals surface area contributed by atoms with Crippen LogP contribution in [0.2, 0.25) is 0 Å². The molecule has 12 heteroatoms. The monoisotopic (exact) mass is 330 g/mol. The third kappa shape index (κ3) is 2.85. The average Bonchev–Trinajstić information content (AvgIpc) is 2.80. The molecule has 0 aliphatic carbocycles. The van der Waals surface area contributed by atoms with E-state index >= 15 is 0 Å². The van der Waals surface area contributed by atoms with Gasteiger partial charge >= 0.3 is 5.69 Å². The molecular weight excluding hydrogens is 315 g/mol. The number of hydrogen-bond donors (Lipinski definition) is 2. The zero-order valence-corrected chi connectivity index (χ0v) is 12.3. The first kappa shape index (κ1) is 17.1. The van der Waals surface area contributed by atoms with Crippen LogP contribution in [0.1, 0.15) is 6.23 Å². The fourth-order valence-electron chi connectivity index (χ4n) is 2.15. The van der Waals surface area contributed by atoms with E-state index in [0.29, 0.717) is 0 Å². The predicted molar refractivity (Wildman–Crippen MR) is 73.9 cm³/mol. The topological polar surface area (TPSA) is 146 Å². The number of halogens is 1. The molecule has 0 saturated carbocycles. The summed E-state index contributed by atoms with van der Waals surface area (Å²) in [6.07, 6.45) is -4.47. The molecule has 2 rings (SSSR count). The first-order valence-electron chi connectivity index (χ1n) is 6.44. The van der Waals surface area contributed by atoms with Crippen molar-refractivity contribution < 1.29 is 24.2 Å². The third-order valence-electron chi connectivity index (χ3n) is 3.49. The van der Waals surface area contributed by atoms with Gasteiger partial charge in [0.25, 0.3) is 0 Å². The van der Waals surface area contributed by atoms with Crippen molar-refractivity contribution in [3.63, 3.8) is 0 Å². The number of alkyl halides is 1. The van der Waals surface area contributed by atoms with Crippen molar-refractivity contribution >= 4 is 5.82 Å². The van der Waals surface area contributed by atoms with E-state index < -0.39 is 36.5 Å². The lowest BCUT2D eigenvalue weighted by atomic mass is 10.1. The van der Waals surface area contributed by atoms with E-state index in [4.69, 9.17) is 15.1 Å². The second kappa shape index (κ2) is 6.48. The van der Waals surface area contributed by atoms with Gasteiger partial charge in [-0.1, -0.05) is 5.11 Å². The molecule has 126 valence electrons. The Bertz CT molecular complexity index is 679. The summed E-state index contributed by atoms with van der Waals surface area (Å²) in [4.78, 5) is 23.0. The van der Waals surface area contributed by atoms with E-state index in [-0.39, 0.29) is 5.82 Å². The first-order valence-corrected chi connectivity index (χ1v) is 6.44. The number of hydroxylamine groups is 1. The molecule has 0 amide bonds. The quantitative estimate of drug-likeness (QED) is 0.319. The Hall–Kier alpha value is -2.24. The number of aliphatic hydroxyl groups is 2. The number of anilines is 1. The molecule has 0 bridgehead atoms. The Kier molecular flexibility index (Phi) is 4.82. The molecule has 0 aromatic carbocycles. The summed E-state index contributed by atoms with van der Waals surface area (Å²) < 4.78 is 20.2. The molecule has 23 heavy (non-hydrogen) atoms. The van der Waals surface area contributed by atoms with Gasteiger partial charge in [0.2, 0.25) is 5.72 Å². The van der Waals surface area contributed by atoms with Crippen LogP contribution in [-0.4, -0.2) is 58.5 Å². The summed E-state index contributed by atoms with van der Waals surface area (Å²) in [6, 6.07) is 1.36. The SMILES string of the molecule is CON(C)c1ccn([C@@H]2O[C@@](CO)(N=[N+]=[N-])[C@@H](O)[C@@H]2F)c(=O)n1. The number of aromatic nitrogens is 2. The van der Waals surface area contributed by atoms with Gasteiger partial charge in [0, 0.05) is 18.2 Å². The molecule has 2 heterocycles. The van der Waals surface area contributed by atoms with Crippen molar-refractivity contribution in [3.8, 4) is 0 Å². The molecule has 11 nitrogen and oxygen atoms in total. The van der Waals surface area contributed by atoms with Crippen LogP contribution in [0, 0.1) is 0 Å². The van der Waals surface area contributed by atoms with E-state index in [0.717, 1.165) is 4.57 Å². The van der Waals surface area contributed by atoms with Gasteiger partial charge in [0.15, 0.2) is 18.2 Å². The van der Waals surface area contributed by atoms with E-state index in [9.17, 15) is 19.4 Å². The first-order chi connectivity index (χ1) is 10.9. The van der Waals surface area contributed by atoms with Crippen LogP contribution in [0.3, 0.4) is 0 Å². The van der Waals surface area contributed by atoms with E-state index in [1.165, 1.54) is 31.5 Å². The number of rotatable bonds is 5. The highest BCUT2D eigenvalue weighted by Gasteiger charge is 2.56. The Morgan fingerprint density at radius 3 is 2.96 bits per heavy atom. The van der Waals surface area contributed by atoms with Crippen LogP contribution in [0.15, 0.2) is 22.2 Å². The van der Waals surface area contributed by atoms with Gasteiger partial charge < -0.3 is 14.9 Å². The van der Waals surface area contributed by atoms with E-state index in [1.54, 1.807) is 0 Å². The molecule has 1 aromatic rings. The molecule has 2 N–H and O–H groups in total. The van der Waals surface area contributed by atoms with Crippen LogP contribution in [0.25, 0.3) is 10.4 Å². The number of hydrogen-bond acceptors (Lipinski definition) is 8. The largest absolute Gasteiger partial charge is 0.393 e. The van der Waals surface area contributed by atoms with Crippen molar-refractivity contribution in [1.29, 1.82) is 0 Å². The van der Waals surface area contributed by atoms with Crippen LogP contribution >= 0.6 is 0 Å². The molecule has 1 saturated heterocycles. The Labute approximate surface area is 129 Å². The molecule has 1 aliphatic heterocycles. The average molecular weight is 330 g/mol. The number of ether oxygens (including phenoxy) is 1. The Balaban J connectivity index is 2.40. The molecule has 1 aliphatic rings. The van der Waals surface area contributed by atoms with Gasteiger partial charge in [0.1, 0.15) is 6.10 Å². The maximum Gasteiger partial charge on any atom is 0.351 e. The van der Waals surface area contributed by atoms with Gasteiger partial charge in [0.05, 0.1) is 13.7 Å². The van der Waals surface area contributed by atoms with E-state index in [2.05, 4.69) is 15.0 Å². The van der Waals surface area contributed by atoms with Gasteiger partial charge in [-0.05, 0) is 11.6 Å². The zero-order chi connectivity index (χ0) is 17.2. The second-order valence-electron chi connectivity index (χ2n) is 4.75. The molecule has 4 atom stereocenters. The van der Waals surface area contributed by atoms with Gasteiger partial charge in [-0.2, -0.15) is 4.98 Å². The zero-order valence-electron chi connectivity index (χ0n) is 12.3. The predicted octanol–water partition coefficient (Wildman–Crippen LogP) is -0.532. The van der Waals surface area contributed by atoms with Crippen LogP contribution in [-0.2, 0) is 9.57 Å². The lowest BCUT2D eigenvalue weighted by molar-refractivity contribution is -0.124. The number of aliphatic hydroxyl groups excluding tert-OH is 2. The van der Waals surface area contributed by atoms with Gasteiger partial charge in [-0.15, -0.1) is 0 Å². The lowest BCUT2D eigenvalue weighted by Gasteiger charge is -2.23. The Morgan fingerprint density at radius 1 is 1.74 bits per heavy atom. The van der Waals surface area contributed by atoms with Crippen molar-refractivity contribution in [2.75, 3.05) is 25.8 Å². The Morgan fingerprint density at radius 2 is 2.43 bits per heavy atom. The van der Waals surface area contributed by atoms with Crippen molar-refractivity contribution in [3.05, 3.63) is 33.2 Å². The molecule has 0 radical (unpaired) electrons. The third-order valence-corrected chi connectivity index (χ3v) is 3.49. The highest BCUT2D eigenvalue weighted by molar-refractivity contribution is 5.31. The summed E-state index contributed by atoms with van der Waals surface area (Å²) in [5.41, 5.74) is 5.41. The van der Waals surface area contributed by atoms with Crippen LogP contribution in [0.5, 0.6) is 0 Å². The fraction of sp³-hybridized carbons (Fsp3) is 0.636. The van der Waals surface area contributed by atoms with Crippen molar-refractivity contribution in [2.24, 2.45) is 5.11 Å². The van der Waals surface area contributed by atoms with Crippen molar-refractivity contribution in [2.45, 2.75) is 24.2 Å². The fourth-order valence-corrected chi connectivity index (χ4v) is 2.15. The molecule has 1 aromatic heterocycles. The minimum atomic E-state index is -2.21. The maximum absolute atomic E-state index is 14.3. The molecule has 0 unspecified atom stereocenters. The second-order valence-corrected chi connectivity index (χ2v) is 4.75. The molecule has 0 spiro atoms. The van der Waals surface area contributed by atoms with Crippen molar-refractivity contribution in [1.82, 2.24) is 9.55 Å². The van der Waals surface area contributed by atoms with Crippen LogP contribution in [0.4, 0.5) is 10.2 Å². The van der Waals surface area contributed by atoms with Gasteiger partial charge in [-0.3, -0.25) is 9.40 Å². The number of azide groups is 1. The smallest absolute Gasteiger partial charge is 0.351 e. The molecule has 1 fully saturated rings. The minimum absolute atomic E-state index is 0.172. The summed E-state index contributed by atoms with van der Waals surface area (Å²) in [5, 5.41) is 23.5. The maximum atomic E-state index is 14.3. The van der Waals surface area contributed by atoms with E-state index in [1.807, 2.05) is 0 Å². The standard InChI is InChI=1S/C11H15FN6O5/c1-17(22-2)6-3-4-18(10(21)14-6)9-7(12)8(20)11(5-19,23-9)15-16-13/h3-4,7-9,19-20H,5H2,1-2H3/t7-,8-,9+,11+/m0/s1. The van der Waals surface area contributed by atoms with Crippen LogP contribution < -0.4 is 10.8 Å². The highest BCUT2D eigenvalue weighted by atomic mass is 19.1. The number of nitrogens with zero attached hydrogens (tertiary/aromatic N) is 6. The minimum Gasteiger partial charge on any atom is -0.393 e. The highest BCUT2D eigenvalue weighted by Crippen LogP contribution is 2.39. The normalized spacial score (nSPS) is 30.0. The summed E-state index contributed by atoms with van der Waals surface area (Å²) in [6.45, 7) is -0.957. The lowest BCUT2D eigenvalue weighted by Crippen LogP contribution is -2.43. The summed E-state index contributed by atoms with van der Waals surface area (Å²) in [5.74, 6) is 0.172. The molecular formula is C11H15FN6O5.